The lowest BCUT2D eigenvalue weighted by atomic mass is 10.3. The second kappa shape index (κ2) is 5.53. The first-order valence-electron chi connectivity index (χ1n) is 6.17. The van der Waals surface area contributed by atoms with Crippen LogP contribution in [0.5, 0.6) is 11.6 Å². The lowest BCUT2D eigenvalue weighted by Gasteiger charge is -2.06. The van der Waals surface area contributed by atoms with Gasteiger partial charge < -0.3 is 10.1 Å². The molecule has 0 aliphatic carbocycles. The molecule has 0 saturated heterocycles. The molecule has 0 fully saturated rings. The quantitative estimate of drug-likeness (QED) is 0.790. The van der Waals surface area contributed by atoms with Gasteiger partial charge in [-0.05, 0) is 46.3 Å². The third-order valence-corrected chi connectivity index (χ3v) is 3.23. The lowest BCUT2D eigenvalue weighted by Crippen LogP contribution is -2.05. The van der Waals surface area contributed by atoms with Gasteiger partial charge in [0.2, 0.25) is 11.8 Å². The summed E-state index contributed by atoms with van der Waals surface area (Å²) < 4.78 is 8.07. The number of carbonyl (C=O) groups is 1. The van der Waals surface area contributed by atoms with Gasteiger partial charge in [-0.25, -0.2) is 9.50 Å². The number of halogens is 1. The van der Waals surface area contributed by atoms with Crippen LogP contribution in [0, 0.1) is 0 Å². The Morgan fingerprint density at radius 2 is 2.00 bits per heavy atom. The van der Waals surface area contributed by atoms with Crippen LogP contribution in [0.15, 0.2) is 47.2 Å². The molecule has 3 rings (SSSR count). The number of anilines is 1. The van der Waals surface area contributed by atoms with E-state index in [1.165, 1.54) is 6.92 Å². The van der Waals surface area contributed by atoms with E-state index in [1.54, 1.807) is 41.0 Å². The van der Waals surface area contributed by atoms with E-state index in [1.807, 2.05) is 6.07 Å². The van der Waals surface area contributed by atoms with Crippen LogP contribution in [0.4, 0.5) is 5.69 Å². The molecule has 0 atom stereocenters. The maximum Gasteiger partial charge on any atom is 0.237 e. The van der Waals surface area contributed by atoms with Crippen LogP contribution in [0.1, 0.15) is 6.92 Å². The first-order valence-corrected chi connectivity index (χ1v) is 6.97. The maximum atomic E-state index is 11.0. The standard InChI is InChI=1S/C14H11BrN4O2/c1-9(20)17-10-2-4-11(5-3-10)21-14-7-6-13-16-8-12(15)19(13)18-14/h2-8H,1H3,(H,17,20). The second-order valence-electron chi connectivity index (χ2n) is 4.33. The topological polar surface area (TPSA) is 68.5 Å². The third kappa shape index (κ3) is 3.03. The molecule has 6 nitrogen and oxygen atoms in total. The average Bonchev–Trinajstić information content (AvgIpc) is 2.82. The maximum absolute atomic E-state index is 11.0. The van der Waals surface area contributed by atoms with Crippen LogP contribution >= 0.6 is 15.9 Å². The van der Waals surface area contributed by atoms with Gasteiger partial charge in [-0.15, -0.1) is 5.10 Å². The van der Waals surface area contributed by atoms with Crippen molar-refractivity contribution in [1.29, 1.82) is 0 Å². The molecule has 0 radical (unpaired) electrons. The molecule has 2 aromatic heterocycles. The van der Waals surface area contributed by atoms with E-state index in [0.717, 1.165) is 15.9 Å². The number of hydrogen-bond acceptors (Lipinski definition) is 4. The molecule has 0 spiro atoms. The summed E-state index contributed by atoms with van der Waals surface area (Å²) in [5.74, 6) is 0.974. The van der Waals surface area contributed by atoms with Crippen LogP contribution in [0.25, 0.3) is 5.65 Å². The largest absolute Gasteiger partial charge is 0.438 e. The fourth-order valence-corrected chi connectivity index (χ4v) is 2.18. The van der Waals surface area contributed by atoms with E-state index in [0.29, 0.717) is 11.6 Å². The van der Waals surface area contributed by atoms with Crippen LogP contribution in [-0.2, 0) is 4.79 Å². The Kier molecular flexibility index (Phi) is 3.57. The summed E-state index contributed by atoms with van der Waals surface area (Å²) in [4.78, 5) is 15.1. The molecule has 2 heterocycles. The summed E-state index contributed by atoms with van der Waals surface area (Å²) in [5, 5.41) is 7.01. The normalized spacial score (nSPS) is 10.6. The van der Waals surface area contributed by atoms with E-state index < -0.39 is 0 Å². The van der Waals surface area contributed by atoms with E-state index in [4.69, 9.17) is 4.74 Å². The van der Waals surface area contributed by atoms with Gasteiger partial charge in [0, 0.05) is 18.7 Å². The number of imidazole rings is 1. The number of rotatable bonds is 3. The van der Waals surface area contributed by atoms with Crippen LogP contribution in [0.2, 0.25) is 0 Å². The Balaban J connectivity index is 1.81. The molecule has 0 aliphatic rings. The predicted octanol–water partition coefficient (Wildman–Crippen LogP) is 3.24. The summed E-state index contributed by atoms with van der Waals surface area (Å²) in [5.41, 5.74) is 1.45. The summed E-state index contributed by atoms with van der Waals surface area (Å²) in [6.07, 6.45) is 1.67. The molecule has 1 aromatic carbocycles. The molecular weight excluding hydrogens is 336 g/mol. The molecule has 1 amide bonds. The van der Waals surface area contributed by atoms with Crippen LogP contribution < -0.4 is 10.1 Å². The molecule has 21 heavy (non-hydrogen) atoms. The van der Waals surface area contributed by atoms with Gasteiger partial charge in [-0.2, -0.15) is 0 Å². The highest BCUT2D eigenvalue weighted by atomic mass is 79.9. The molecule has 0 unspecified atom stereocenters. The number of nitrogens with zero attached hydrogens (tertiary/aromatic N) is 3. The number of aromatic nitrogens is 3. The first kappa shape index (κ1) is 13.6. The van der Waals surface area contributed by atoms with Gasteiger partial charge in [0.1, 0.15) is 10.4 Å². The number of fused-ring (bicyclic) bond motifs is 1. The average molecular weight is 347 g/mol. The first-order chi connectivity index (χ1) is 10.1. The summed E-state index contributed by atoms with van der Waals surface area (Å²) in [6.45, 7) is 1.46. The lowest BCUT2D eigenvalue weighted by molar-refractivity contribution is -0.114. The molecule has 7 heteroatoms. The highest BCUT2D eigenvalue weighted by molar-refractivity contribution is 9.10. The number of nitrogens with one attached hydrogen (secondary N) is 1. The van der Waals surface area contributed by atoms with Crippen molar-refractivity contribution in [2.45, 2.75) is 6.92 Å². The van der Waals surface area contributed by atoms with Crippen molar-refractivity contribution in [2.24, 2.45) is 0 Å². The predicted molar refractivity (Wildman–Crippen MR) is 81.5 cm³/mol. The minimum atomic E-state index is -0.110. The third-order valence-electron chi connectivity index (χ3n) is 2.69. The van der Waals surface area contributed by atoms with E-state index >= 15 is 0 Å². The minimum absolute atomic E-state index is 0.110. The number of ether oxygens (including phenoxy) is 1. The number of carbonyl (C=O) groups excluding carboxylic acids is 1. The molecular formula is C14H11BrN4O2. The highest BCUT2D eigenvalue weighted by Gasteiger charge is 2.05. The molecule has 0 saturated carbocycles. The van der Waals surface area contributed by atoms with Crippen LogP contribution in [-0.4, -0.2) is 20.5 Å². The van der Waals surface area contributed by atoms with Crippen molar-refractivity contribution in [1.82, 2.24) is 14.6 Å². The van der Waals surface area contributed by atoms with E-state index in [2.05, 4.69) is 31.3 Å². The fraction of sp³-hybridized carbons (Fsp3) is 0.0714. The Bertz CT molecular complexity index is 798. The number of benzene rings is 1. The van der Waals surface area contributed by atoms with Crippen molar-refractivity contribution in [3.8, 4) is 11.6 Å². The highest BCUT2D eigenvalue weighted by Crippen LogP contribution is 2.22. The second-order valence-corrected chi connectivity index (χ2v) is 5.14. The fourth-order valence-electron chi connectivity index (χ4n) is 1.81. The molecule has 1 N–H and O–H groups in total. The van der Waals surface area contributed by atoms with Gasteiger partial charge in [-0.3, -0.25) is 4.79 Å². The van der Waals surface area contributed by atoms with Crippen LogP contribution in [0.3, 0.4) is 0 Å². The van der Waals surface area contributed by atoms with Crippen molar-refractivity contribution < 1.29 is 9.53 Å². The Morgan fingerprint density at radius 1 is 1.24 bits per heavy atom. The van der Waals surface area contributed by atoms with Gasteiger partial charge >= 0.3 is 0 Å². The Hall–Kier alpha value is -2.41. The van der Waals surface area contributed by atoms with Crippen molar-refractivity contribution in [3.05, 3.63) is 47.2 Å². The zero-order valence-electron chi connectivity index (χ0n) is 11.1. The molecule has 0 bridgehead atoms. The number of amides is 1. The van der Waals surface area contributed by atoms with E-state index in [-0.39, 0.29) is 5.91 Å². The SMILES string of the molecule is CC(=O)Nc1ccc(Oc2ccc3ncc(Br)n3n2)cc1. The molecule has 0 aliphatic heterocycles. The Morgan fingerprint density at radius 3 is 2.71 bits per heavy atom. The summed E-state index contributed by atoms with van der Waals surface area (Å²) >= 11 is 3.36. The summed E-state index contributed by atoms with van der Waals surface area (Å²) in [7, 11) is 0. The van der Waals surface area contributed by atoms with Crippen molar-refractivity contribution in [3.63, 3.8) is 0 Å². The van der Waals surface area contributed by atoms with E-state index in [9.17, 15) is 4.79 Å². The van der Waals surface area contributed by atoms with Gasteiger partial charge in [-0.1, -0.05) is 0 Å². The van der Waals surface area contributed by atoms with Crippen molar-refractivity contribution in [2.75, 3.05) is 5.32 Å². The zero-order valence-corrected chi connectivity index (χ0v) is 12.7. The molecule has 106 valence electrons. The van der Waals surface area contributed by atoms with Gasteiger partial charge in [0.25, 0.3) is 0 Å². The van der Waals surface area contributed by atoms with Crippen molar-refractivity contribution >= 4 is 33.2 Å². The monoisotopic (exact) mass is 346 g/mol. The zero-order chi connectivity index (χ0) is 14.8. The smallest absolute Gasteiger partial charge is 0.237 e. The molecule has 3 aromatic rings. The van der Waals surface area contributed by atoms with Gasteiger partial charge in [0.05, 0.1) is 6.20 Å². The minimum Gasteiger partial charge on any atom is -0.438 e. The van der Waals surface area contributed by atoms with Gasteiger partial charge in [0.15, 0.2) is 5.65 Å². The summed E-state index contributed by atoms with van der Waals surface area (Å²) in [6, 6.07) is 10.6. The number of hydrogen-bond donors (Lipinski definition) is 1. The Labute approximate surface area is 128 Å².